The molecule has 1 saturated carbocycles. The third kappa shape index (κ3) is 5.44. The van der Waals surface area contributed by atoms with Crippen LogP contribution < -0.4 is 0 Å². The Morgan fingerprint density at radius 3 is 2.62 bits per heavy atom. The highest BCUT2D eigenvalue weighted by Gasteiger charge is 2.50. The molecule has 3 atom stereocenters. The molecule has 0 amide bonds. The van der Waals surface area contributed by atoms with E-state index in [1.807, 2.05) is 26.0 Å². The van der Waals surface area contributed by atoms with Crippen LogP contribution in [0.2, 0.25) is 0 Å². The molecule has 0 spiro atoms. The van der Waals surface area contributed by atoms with Crippen molar-refractivity contribution in [3.05, 3.63) is 84.2 Å². The standard InChI is InChI=1S/C35H41N3O2/c1-24(2)34(39)40-35(18-20-38(3)19-8-13-33-36-31-11-6-7-12-32(31)37-33)23-28-16-17-29(35)22-30(28)27-15-14-25-9-4-5-10-26(25)21-27/h4-7,9-12,14-15,21-22,24,28-29H,8,13,16-20,23H2,1-3H3,(H,36,37)/t28-,29-,35+/m1/s1. The summed E-state index contributed by atoms with van der Waals surface area (Å²) in [5, 5.41) is 2.56. The first-order valence-electron chi connectivity index (χ1n) is 15.0. The van der Waals surface area contributed by atoms with E-state index in [0.29, 0.717) is 5.92 Å². The van der Waals surface area contributed by atoms with Gasteiger partial charge in [0.2, 0.25) is 0 Å². The smallest absolute Gasteiger partial charge is 0.308 e. The van der Waals surface area contributed by atoms with Gasteiger partial charge in [-0.1, -0.05) is 68.5 Å². The van der Waals surface area contributed by atoms with Gasteiger partial charge in [0.25, 0.3) is 0 Å². The lowest BCUT2D eigenvalue weighted by Crippen LogP contribution is -2.51. The number of ether oxygens (including phenoxy) is 1. The number of allylic oxidation sites excluding steroid dienone is 1. The predicted octanol–water partition coefficient (Wildman–Crippen LogP) is 7.42. The fourth-order valence-corrected chi connectivity index (χ4v) is 6.78. The van der Waals surface area contributed by atoms with Gasteiger partial charge in [0.1, 0.15) is 11.4 Å². The summed E-state index contributed by atoms with van der Waals surface area (Å²) in [6.07, 6.45) is 8.45. The Bertz CT molecular complexity index is 1500. The van der Waals surface area contributed by atoms with Gasteiger partial charge in [-0.15, -0.1) is 0 Å². The number of aryl methyl sites for hydroxylation is 1. The number of aromatic nitrogens is 2. The number of rotatable bonds is 10. The van der Waals surface area contributed by atoms with Crippen LogP contribution in [0.4, 0.5) is 0 Å². The second kappa shape index (κ2) is 11.2. The molecule has 3 aliphatic rings. The summed E-state index contributed by atoms with van der Waals surface area (Å²) in [5.41, 5.74) is 4.47. The van der Waals surface area contributed by atoms with Crippen molar-refractivity contribution in [1.29, 1.82) is 0 Å². The fourth-order valence-electron chi connectivity index (χ4n) is 6.78. The maximum absolute atomic E-state index is 13.0. The molecule has 5 heteroatoms. The third-order valence-electron chi connectivity index (χ3n) is 9.08. The molecule has 0 radical (unpaired) electrons. The van der Waals surface area contributed by atoms with E-state index in [1.165, 1.54) is 21.9 Å². The number of carbonyl (C=O) groups is 1. The van der Waals surface area contributed by atoms with Gasteiger partial charge >= 0.3 is 5.97 Å². The highest BCUT2D eigenvalue weighted by molar-refractivity contribution is 5.87. The summed E-state index contributed by atoms with van der Waals surface area (Å²) < 4.78 is 6.46. The molecule has 7 rings (SSSR count). The molecule has 0 unspecified atom stereocenters. The fraction of sp³-hybridized carbons (Fsp3) is 0.429. The van der Waals surface area contributed by atoms with E-state index in [1.54, 1.807) is 0 Å². The summed E-state index contributed by atoms with van der Waals surface area (Å²) in [7, 11) is 2.19. The Balaban J connectivity index is 1.14. The zero-order chi connectivity index (χ0) is 27.7. The molecule has 3 aliphatic carbocycles. The van der Waals surface area contributed by atoms with Crippen LogP contribution in [-0.2, 0) is 16.0 Å². The van der Waals surface area contributed by atoms with Crippen molar-refractivity contribution in [1.82, 2.24) is 14.9 Å². The number of nitrogens with one attached hydrogen (secondary N) is 1. The lowest BCUT2D eigenvalue weighted by molar-refractivity contribution is -0.176. The molecule has 5 nitrogen and oxygen atoms in total. The van der Waals surface area contributed by atoms with E-state index < -0.39 is 5.60 Å². The van der Waals surface area contributed by atoms with E-state index in [4.69, 9.17) is 9.72 Å². The van der Waals surface area contributed by atoms with Gasteiger partial charge in [0, 0.05) is 25.3 Å². The number of carbonyl (C=O) groups excluding carboxylic acids is 1. The number of nitrogens with zero attached hydrogens (tertiary/aromatic N) is 2. The number of esters is 1. The average Bonchev–Trinajstić information content (AvgIpc) is 3.39. The quantitative estimate of drug-likeness (QED) is 0.215. The van der Waals surface area contributed by atoms with E-state index >= 15 is 0 Å². The van der Waals surface area contributed by atoms with Gasteiger partial charge in [-0.3, -0.25) is 4.79 Å². The Kier molecular flexibility index (Phi) is 7.50. The average molecular weight is 536 g/mol. The van der Waals surface area contributed by atoms with Crippen molar-refractivity contribution in [3.8, 4) is 0 Å². The number of H-pyrrole nitrogens is 1. The van der Waals surface area contributed by atoms with Gasteiger partial charge in [-0.2, -0.15) is 0 Å². The van der Waals surface area contributed by atoms with Crippen molar-refractivity contribution < 1.29 is 9.53 Å². The van der Waals surface area contributed by atoms with Gasteiger partial charge < -0.3 is 14.6 Å². The number of benzene rings is 3. The van der Waals surface area contributed by atoms with Crippen LogP contribution in [0.15, 0.2) is 72.8 Å². The molecular weight excluding hydrogens is 494 g/mol. The van der Waals surface area contributed by atoms with Crippen molar-refractivity contribution in [2.45, 2.75) is 58.0 Å². The van der Waals surface area contributed by atoms with Crippen molar-refractivity contribution >= 4 is 33.3 Å². The minimum atomic E-state index is -0.419. The topological polar surface area (TPSA) is 58.2 Å². The summed E-state index contributed by atoms with van der Waals surface area (Å²) >= 11 is 0. The van der Waals surface area contributed by atoms with Crippen LogP contribution in [-0.4, -0.2) is 46.6 Å². The Morgan fingerprint density at radius 2 is 1.85 bits per heavy atom. The summed E-state index contributed by atoms with van der Waals surface area (Å²) in [5.74, 6) is 1.53. The van der Waals surface area contributed by atoms with E-state index in [-0.39, 0.29) is 17.8 Å². The molecule has 2 bridgehead atoms. The Morgan fingerprint density at radius 1 is 1.05 bits per heavy atom. The molecule has 1 heterocycles. The number of imidazole rings is 1. The van der Waals surface area contributed by atoms with Crippen molar-refractivity contribution in [3.63, 3.8) is 0 Å². The number of aromatic amines is 1. The van der Waals surface area contributed by atoms with E-state index in [9.17, 15) is 4.79 Å². The molecule has 0 aliphatic heterocycles. The second-order valence-electron chi connectivity index (χ2n) is 12.3. The van der Waals surface area contributed by atoms with Crippen LogP contribution in [0.5, 0.6) is 0 Å². The Hall–Kier alpha value is -3.44. The monoisotopic (exact) mass is 535 g/mol. The summed E-state index contributed by atoms with van der Waals surface area (Å²) in [6.45, 7) is 5.78. The summed E-state index contributed by atoms with van der Waals surface area (Å²) in [6, 6.07) is 23.6. The first kappa shape index (κ1) is 26.8. The minimum Gasteiger partial charge on any atom is -0.458 e. The van der Waals surface area contributed by atoms with Crippen molar-refractivity contribution in [2.24, 2.45) is 17.8 Å². The van der Waals surface area contributed by atoms with Gasteiger partial charge in [0.05, 0.1) is 17.0 Å². The number of hydrogen-bond donors (Lipinski definition) is 1. The first-order valence-corrected chi connectivity index (χ1v) is 15.0. The zero-order valence-electron chi connectivity index (χ0n) is 24.0. The predicted molar refractivity (Wildman–Crippen MR) is 163 cm³/mol. The minimum absolute atomic E-state index is 0.0688. The van der Waals surface area contributed by atoms with E-state index in [0.717, 1.165) is 68.5 Å². The zero-order valence-corrected chi connectivity index (χ0v) is 24.0. The van der Waals surface area contributed by atoms with Crippen LogP contribution in [0, 0.1) is 17.8 Å². The molecule has 40 heavy (non-hydrogen) atoms. The molecule has 1 fully saturated rings. The maximum Gasteiger partial charge on any atom is 0.308 e. The van der Waals surface area contributed by atoms with Crippen LogP contribution >= 0.6 is 0 Å². The number of hydrogen-bond acceptors (Lipinski definition) is 4. The lowest BCUT2D eigenvalue weighted by Gasteiger charge is -2.50. The molecule has 1 N–H and O–H groups in total. The van der Waals surface area contributed by atoms with E-state index in [2.05, 4.69) is 77.6 Å². The first-order chi connectivity index (χ1) is 19.4. The third-order valence-corrected chi connectivity index (χ3v) is 9.08. The second-order valence-corrected chi connectivity index (χ2v) is 12.3. The maximum atomic E-state index is 13.0. The Labute approximate surface area is 237 Å². The normalized spacial score (nSPS) is 22.4. The van der Waals surface area contributed by atoms with Crippen LogP contribution in [0.3, 0.4) is 0 Å². The lowest BCUT2D eigenvalue weighted by atomic mass is 9.60. The van der Waals surface area contributed by atoms with Crippen LogP contribution in [0.25, 0.3) is 27.4 Å². The van der Waals surface area contributed by atoms with Crippen molar-refractivity contribution in [2.75, 3.05) is 20.1 Å². The highest BCUT2D eigenvalue weighted by atomic mass is 16.6. The molecule has 3 aromatic carbocycles. The van der Waals surface area contributed by atoms with Gasteiger partial charge in [-0.05, 0) is 85.3 Å². The van der Waals surface area contributed by atoms with Gasteiger partial charge in [-0.25, -0.2) is 4.98 Å². The largest absolute Gasteiger partial charge is 0.458 e. The van der Waals surface area contributed by atoms with Gasteiger partial charge in [0.15, 0.2) is 0 Å². The molecule has 4 aromatic rings. The molecule has 0 saturated heterocycles. The SMILES string of the molecule is CC(C)C(=O)O[C@@]1(CCN(C)CCCc2nc3ccccc3[nH]2)C[C@H]2CC[C@@H]1C=C2c1ccc2ccccc2c1. The molecule has 208 valence electrons. The molecular formula is C35H41N3O2. The molecule has 1 aromatic heterocycles. The number of fused-ring (bicyclic) bond motifs is 4. The summed E-state index contributed by atoms with van der Waals surface area (Å²) in [4.78, 5) is 23.5. The highest BCUT2D eigenvalue weighted by Crippen LogP contribution is 2.53. The van der Waals surface area contributed by atoms with Crippen LogP contribution in [0.1, 0.15) is 57.3 Å². The number of para-hydroxylation sites is 2.